The number of amides is 2. The summed E-state index contributed by atoms with van der Waals surface area (Å²) in [5.74, 6) is 0.704. The van der Waals surface area contributed by atoms with E-state index in [9.17, 15) is 4.79 Å². The van der Waals surface area contributed by atoms with E-state index < -0.39 is 0 Å². The lowest BCUT2D eigenvalue weighted by molar-refractivity contribution is 0.206. The van der Waals surface area contributed by atoms with Gasteiger partial charge in [0.1, 0.15) is 5.82 Å². The molecule has 0 aliphatic rings. The zero-order valence-electron chi connectivity index (χ0n) is 13.6. The fourth-order valence-electron chi connectivity index (χ4n) is 2.31. The Morgan fingerprint density at radius 1 is 1.18 bits per heavy atom. The molecule has 0 spiro atoms. The van der Waals surface area contributed by atoms with Crippen molar-refractivity contribution < 1.29 is 4.79 Å². The maximum atomic E-state index is 12.2. The normalized spacial score (nSPS) is 10.4. The molecule has 1 heterocycles. The maximum Gasteiger partial charge on any atom is 0.317 e. The van der Waals surface area contributed by atoms with Crippen molar-refractivity contribution in [1.29, 1.82) is 0 Å². The molecule has 2 amide bonds. The largest absolute Gasteiger partial charge is 0.332 e. The van der Waals surface area contributed by atoms with Gasteiger partial charge < -0.3 is 10.2 Å². The number of rotatable bonds is 4. The number of hydrogen-bond donors (Lipinski definition) is 1. The minimum Gasteiger partial charge on any atom is -0.332 e. The van der Waals surface area contributed by atoms with E-state index in [-0.39, 0.29) is 6.03 Å². The summed E-state index contributed by atoms with van der Waals surface area (Å²) in [6, 6.07) is 7.86. The summed E-state index contributed by atoms with van der Waals surface area (Å²) in [6.45, 7) is 6.96. The van der Waals surface area contributed by atoms with Gasteiger partial charge in [-0.1, -0.05) is 18.2 Å². The van der Waals surface area contributed by atoms with Gasteiger partial charge in [-0.05, 0) is 43.5 Å². The van der Waals surface area contributed by atoms with Gasteiger partial charge in [0, 0.05) is 19.8 Å². The number of hydrogen-bond acceptors (Lipinski definition) is 3. The predicted octanol–water partition coefficient (Wildman–Crippen LogP) is 2.74. The number of benzene rings is 1. The molecule has 22 heavy (non-hydrogen) atoms. The van der Waals surface area contributed by atoms with Crippen molar-refractivity contribution in [3.8, 4) is 0 Å². The third-order valence-electron chi connectivity index (χ3n) is 3.64. The number of carbonyl (C=O) groups is 1. The molecule has 0 fully saturated rings. The first-order valence-electron chi connectivity index (χ1n) is 7.30. The van der Waals surface area contributed by atoms with E-state index in [1.54, 1.807) is 24.2 Å². The predicted molar refractivity (Wildman–Crippen MR) is 86.4 cm³/mol. The van der Waals surface area contributed by atoms with Crippen molar-refractivity contribution in [2.75, 3.05) is 7.05 Å². The van der Waals surface area contributed by atoms with Crippen LogP contribution < -0.4 is 5.32 Å². The zero-order valence-corrected chi connectivity index (χ0v) is 13.6. The van der Waals surface area contributed by atoms with Crippen LogP contribution in [-0.2, 0) is 13.1 Å². The SMILES string of the molecule is Cc1nccc(CNC(=O)N(C)Cc2c(C)cccc2C)n1. The summed E-state index contributed by atoms with van der Waals surface area (Å²) >= 11 is 0. The first-order valence-corrected chi connectivity index (χ1v) is 7.30. The van der Waals surface area contributed by atoms with Crippen LogP contribution in [0.1, 0.15) is 28.2 Å². The highest BCUT2D eigenvalue weighted by molar-refractivity contribution is 5.73. The van der Waals surface area contributed by atoms with Crippen LogP contribution in [0.2, 0.25) is 0 Å². The number of nitrogens with zero attached hydrogens (tertiary/aromatic N) is 3. The molecule has 1 N–H and O–H groups in total. The quantitative estimate of drug-likeness (QED) is 0.944. The van der Waals surface area contributed by atoms with Crippen LogP contribution in [0.15, 0.2) is 30.5 Å². The molecule has 1 aromatic carbocycles. The first-order chi connectivity index (χ1) is 10.5. The van der Waals surface area contributed by atoms with Crippen molar-refractivity contribution in [3.05, 3.63) is 58.7 Å². The summed E-state index contributed by atoms with van der Waals surface area (Å²) in [4.78, 5) is 22.2. The van der Waals surface area contributed by atoms with E-state index in [0.29, 0.717) is 18.9 Å². The summed E-state index contributed by atoms with van der Waals surface area (Å²) in [5.41, 5.74) is 4.40. The fourth-order valence-corrected chi connectivity index (χ4v) is 2.31. The Balaban J connectivity index is 1.95. The molecule has 0 saturated carbocycles. The number of aromatic nitrogens is 2. The highest BCUT2D eigenvalue weighted by Crippen LogP contribution is 2.15. The van der Waals surface area contributed by atoms with Crippen LogP contribution in [0.25, 0.3) is 0 Å². The van der Waals surface area contributed by atoms with Gasteiger partial charge >= 0.3 is 6.03 Å². The first kappa shape index (κ1) is 15.9. The molecule has 0 radical (unpaired) electrons. The lowest BCUT2D eigenvalue weighted by atomic mass is 10.0. The van der Waals surface area contributed by atoms with E-state index in [2.05, 4.69) is 41.3 Å². The minimum atomic E-state index is -0.112. The van der Waals surface area contributed by atoms with Crippen LogP contribution in [0.3, 0.4) is 0 Å². The van der Waals surface area contributed by atoms with Crippen molar-refractivity contribution in [3.63, 3.8) is 0 Å². The van der Waals surface area contributed by atoms with Crippen LogP contribution in [-0.4, -0.2) is 27.9 Å². The lowest BCUT2D eigenvalue weighted by Crippen LogP contribution is -2.36. The summed E-state index contributed by atoms with van der Waals surface area (Å²) in [7, 11) is 1.80. The van der Waals surface area contributed by atoms with Crippen LogP contribution in [0.4, 0.5) is 4.79 Å². The lowest BCUT2D eigenvalue weighted by Gasteiger charge is -2.20. The maximum absolute atomic E-state index is 12.2. The molecule has 2 rings (SSSR count). The zero-order chi connectivity index (χ0) is 16.1. The summed E-state index contributed by atoms with van der Waals surface area (Å²) < 4.78 is 0. The van der Waals surface area contributed by atoms with Crippen molar-refractivity contribution in [1.82, 2.24) is 20.2 Å². The molecular formula is C17H22N4O. The highest BCUT2D eigenvalue weighted by Gasteiger charge is 2.11. The molecule has 1 aromatic heterocycles. The van der Waals surface area contributed by atoms with Gasteiger partial charge in [0.15, 0.2) is 0 Å². The van der Waals surface area contributed by atoms with Crippen LogP contribution in [0.5, 0.6) is 0 Å². The van der Waals surface area contributed by atoms with Gasteiger partial charge in [-0.3, -0.25) is 0 Å². The Hall–Kier alpha value is -2.43. The van der Waals surface area contributed by atoms with Gasteiger partial charge in [0.25, 0.3) is 0 Å². The van der Waals surface area contributed by atoms with Gasteiger partial charge in [0.2, 0.25) is 0 Å². The standard InChI is InChI=1S/C17H22N4O/c1-12-6-5-7-13(2)16(12)11-21(4)17(22)19-10-15-8-9-18-14(3)20-15/h5-9H,10-11H2,1-4H3,(H,19,22). The number of aryl methyl sites for hydroxylation is 3. The average molecular weight is 298 g/mol. The molecule has 0 atom stereocenters. The molecule has 116 valence electrons. The molecule has 5 nitrogen and oxygen atoms in total. The van der Waals surface area contributed by atoms with Gasteiger partial charge in [0.05, 0.1) is 12.2 Å². The van der Waals surface area contributed by atoms with E-state index in [1.807, 2.05) is 13.0 Å². The van der Waals surface area contributed by atoms with Gasteiger partial charge in [-0.15, -0.1) is 0 Å². The molecular weight excluding hydrogens is 276 g/mol. The van der Waals surface area contributed by atoms with Crippen molar-refractivity contribution in [2.45, 2.75) is 33.9 Å². The molecule has 0 bridgehead atoms. The third-order valence-corrected chi connectivity index (χ3v) is 3.64. The highest BCUT2D eigenvalue weighted by atomic mass is 16.2. The molecule has 2 aromatic rings. The van der Waals surface area contributed by atoms with Crippen molar-refractivity contribution in [2.24, 2.45) is 0 Å². The molecule has 5 heteroatoms. The second kappa shape index (κ2) is 7.02. The Kier molecular flexibility index (Phi) is 5.09. The van der Waals surface area contributed by atoms with Gasteiger partial charge in [-0.25, -0.2) is 14.8 Å². The monoisotopic (exact) mass is 298 g/mol. The number of nitrogens with one attached hydrogen (secondary N) is 1. The van der Waals surface area contributed by atoms with Crippen LogP contribution in [0, 0.1) is 20.8 Å². The number of carbonyl (C=O) groups excluding carboxylic acids is 1. The second-order valence-electron chi connectivity index (χ2n) is 5.48. The Bertz CT molecular complexity index is 649. The van der Waals surface area contributed by atoms with E-state index >= 15 is 0 Å². The number of urea groups is 1. The Labute approximate surface area is 131 Å². The summed E-state index contributed by atoms with van der Waals surface area (Å²) in [5, 5.41) is 2.88. The third kappa shape index (κ3) is 4.04. The summed E-state index contributed by atoms with van der Waals surface area (Å²) in [6.07, 6.45) is 1.70. The molecule has 0 aliphatic carbocycles. The average Bonchev–Trinajstić information content (AvgIpc) is 2.48. The van der Waals surface area contributed by atoms with E-state index in [0.717, 1.165) is 5.69 Å². The fraction of sp³-hybridized carbons (Fsp3) is 0.353. The smallest absolute Gasteiger partial charge is 0.317 e. The topological polar surface area (TPSA) is 58.1 Å². The Morgan fingerprint density at radius 2 is 1.86 bits per heavy atom. The second-order valence-corrected chi connectivity index (χ2v) is 5.48. The van der Waals surface area contributed by atoms with Crippen molar-refractivity contribution >= 4 is 6.03 Å². The molecule has 0 unspecified atom stereocenters. The van der Waals surface area contributed by atoms with E-state index in [4.69, 9.17) is 0 Å². The molecule has 0 aliphatic heterocycles. The van der Waals surface area contributed by atoms with E-state index in [1.165, 1.54) is 16.7 Å². The minimum absolute atomic E-state index is 0.112. The molecule has 0 saturated heterocycles. The van der Waals surface area contributed by atoms with Gasteiger partial charge in [-0.2, -0.15) is 0 Å². The Morgan fingerprint density at radius 3 is 2.50 bits per heavy atom. The van der Waals surface area contributed by atoms with Crippen LogP contribution >= 0.6 is 0 Å².